The van der Waals surface area contributed by atoms with Crippen LogP contribution in [-0.2, 0) is 6.54 Å². The van der Waals surface area contributed by atoms with Crippen LogP contribution in [-0.4, -0.2) is 23.8 Å². The van der Waals surface area contributed by atoms with Crippen LogP contribution in [0.25, 0.3) is 0 Å². The van der Waals surface area contributed by atoms with Gasteiger partial charge in [0.15, 0.2) is 11.5 Å². The maximum absolute atomic E-state index is 5.85. The number of pyridine rings is 1. The first-order valence-corrected chi connectivity index (χ1v) is 6.12. The highest BCUT2D eigenvalue weighted by molar-refractivity contribution is 5.42. The molecule has 102 valence electrons. The van der Waals surface area contributed by atoms with E-state index in [1.54, 1.807) is 26.5 Å². The van der Waals surface area contributed by atoms with Crippen LogP contribution in [0.4, 0.5) is 0 Å². The van der Waals surface area contributed by atoms with Crippen LogP contribution in [0.15, 0.2) is 30.7 Å². The number of methoxy groups -OCH3 is 2. The summed E-state index contributed by atoms with van der Waals surface area (Å²) in [6.45, 7) is 2.58. The molecule has 2 heterocycles. The molecule has 19 heavy (non-hydrogen) atoms. The zero-order chi connectivity index (χ0) is 13.8. The van der Waals surface area contributed by atoms with E-state index in [0.717, 1.165) is 11.3 Å². The van der Waals surface area contributed by atoms with E-state index in [9.17, 15) is 0 Å². The van der Waals surface area contributed by atoms with Gasteiger partial charge in [-0.05, 0) is 18.6 Å². The Bertz CT molecular complexity index is 549. The standard InChI is InChI=1S/C14H19N3O2/c1-10(15)11-5-7-17(8-11)9-12-14(19-3)13(18-2)4-6-16-12/h4-8,10H,9,15H2,1-3H3. The monoisotopic (exact) mass is 261 g/mol. The molecule has 1 unspecified atom stereocenters. The van der Waals surface area contributed by atoms with Crippen molar-refractivity contribution in [1.82, 2.24) is 9.55 Å². The molecule has 2 rings (SSSR count). The molecule has 0 spiro atoms. The molecule has 0 aliphatic heterocycles. The third kappa shape index (κ3) is 2.88. The van der Waals surface area contributed by atoms with Gasteiger partial charge in [-0.25, -0.2) is 0 Å². The molecule has 0 aliphatic carbocycles. The van der Waals surface area contributed by atoms with E-state index < -0.39 is 0 Å². The maximum Gasteiger partial charge on any atom is 0.184 e. The fourth-order valence-corrected chi connectivity index (χ4v) is 1.96. The molecule has 0 saturated heterocycles. The molecule has 5 nitrogen and oxygen atoms in total. The van der Waals surface area contributed by atoms with Gasteiger partial charge in [-0.1, -0.05) is 0 Å². The van der Waals surface area contributed by atoms with E-state index in [1.165, 1.54) is 0 Å². The Labute approximate surface area is 113 Å². The van der Waals surface area contributed by atoms with Crippen molar-refractivity contribution in [2.45, 2.75) is 19.5 Å². The fourth-order valence-electron chi connectivity index (χ4n) is 1.96. The van der Waals surface area contributed by atoms with E-state index in [1.807, 2.05) is 30.0 Å². The smallest absolute Gasteiger partial charge is 0.184 e. The summed E-state index contributed by atoms with van der Waals surface area (Å²) < 4.78 is 12.7. The van der Waals surface area contributed by atoms with Crippen LogP contribution in [0.5, 0.6) is 11.5 Å². The van der Waals surface area contributed by atoms with Gasteiger partial charge in [0, 0.05) is 30.7 Å². The van der Waals surface area contributed by atoms with Gasteiger partial charge in [-0.3, -0.25) is 4.98 Å². The summed E-state index contributed by atoms with van der Waals surface area (Å²) in [6.07, 6.45) is 5.72. The van der Waals surface area contributed by atoms with E-state index in [4.69, 9.17) is 15.2 Å². The minimum atomic E-state index is 0.0291. The molecule has 2 aromatic rings. The summed E-state index contributed by atoms with van der Waals surface area (Å²) in [7, 11) is 3.23. The van der Waals surface area contributed by atoms with Crippen LogP contribution in [0, 0.1) is 0 Å². The van der Waals surface area contributed by atoms with Crippen molar-refractivity contribution >= 4 is 0 Å². The van der Waals surface area contributed by atoms with Crippen molar-refractivity contribution < 1.29 is 9.47 Å². The lowest BCUT2D eigenvalue weighted by Crippen LogP contribution is -2.05. The van der Waals surface area contributed by atoms with Crippen molar-refractivity contribution in [2.75, 3.05) is 14.2 Å². The van der Waals surface area contributed by atoms with Gasteiger partial charge >= 0.3 is 0 Å². The molecule has 1 atom stereocenters. The Morgan fingerprint density at radius 1 is 1.32 bits per heavy atom. The van der Waals surface area contributed by atoms with Crippen LogP contribution in [0.2, 0.25) is 0 Å². The summed E-state index contributed by atoms with van der Waals surface area (Å²) in [4.78, 5) is 4.35. The van der Waals surface area contributed by atoms with E-state index in [-0.39, 0.29) is 6.04 Å². The van der Waals surface area contributed by atoms with E-state index in [0.29, 0.717) is 18.0 Å². The molecular formula is C14H19N3O2. The minimum Gasteiger partial charge on any atom is -0.493 e. The molecule has 2 aromatic heterocycles. The first-order valence-electron chi connectivity index (χ1n) is 6.12. The van der Waals surface area contributed by atoms with Crippen molar-refractivity contribution in [1.29, 1.82) is 0 Å². The Hall–Kier alpha value is -2.01. The number of ether oxygens (including phenoxy) is 2. The summed E-state index contributed by atoms with van der Waals surface area (Å²) in [5, 5.41) is 0. The summed E-state index contributed by atoms with van der Waals surface area (Å²) in [6, 6.07) is 3.82. The molecule has 5 heteroatoms. The molecule has 0 bridgehead atoms. The SMILES string of the molecule is COc1ccnc(Cn2ccc(C(C)N)c2)c1OC. The fraction of sp³-hybridized carbons (Fsp3) is 0.357. The average Bonchev–Trinajstić information content (AvgIpc) is 2.87. The number of nitrogens with two attached hydrogens (primary N) is 1. The molecule has 0 saturated carbocycles. The Morgan fingerprint density at radius 3 is 2.68 bits per heavy atom. The highest BCUT2D eigenvalue weighted by Gasteiger charge is 2.11. The first kappa shape index (κ1) is 13.4. The van der Waals surface area contributed by atoms with Crippen molar-refractivity contribution in [3.63, 3.8) is 0 Å². The van der Waals surface area contributed by atoms with Crippen LogP contribution in [0.1, 0.15) is 24.2 Å². The molecule has 0 fully saturated rings. The van der Waals surface area contributed by atoms with Crippen molar-refractivity contribution in [2.24, 2.45) is 5.73 Å². The van der Waals surface area contributed by atoms with Gasteiger partial charge in [0.05, 0.1) is 20.8 Å². The molecule has 0 aromatic carbocycles. The van der Waals surface area contributed by atoms with Gasteiger partial charge in [-0.2, -0.15) is 0 Å². The predicted molar refractivity (Wildman–Crippen MR) is 73.5 cm³/mol. The zero-order valence-corrected chi connectivity index (χ0v) is 11.5. The summed E-state index contributed by atoms with van der Waals surface area (Å²) >= 11 is 0. The molecular weight excluding hydrogens is 242 g/mol. The Kier molecular flexibility index (Phi) is 4.06. The molecule has 0 radical (unpaired) electrons. The Morgan fingerprint density at radius 2 is 2.11 bits per heavy atom. The van der Waals surface area contributed by atoms with E-state index >= 15 is 0 Å². The van der Waals surface area contributed by atoms with Gasteiger partial charge < -0.3 is 19.8 Å². The number of aromatic nitrogens is 2. The number of hydrogen-bond donors (Lipinski definition) is 1. The lowest BCUT2D eigenvalue weighted by atomic mass is 10.2. The lowest BCUT2D eigenvalue weighted by Gasteiger charge is -2.12. The predicted octanol–water partition coefficient (Wildman–Crippen LogP) is 1.97. The van der Waals surface area contributed by atoms with Crippen molar-refractivity contribution in [3.05, 3.63) is 42.0 Å². The van der Waals surface area contributed by atoms with E-state index in [2.05, 4.69) is 4.98 Å². The maximum atomic E-state index is 5.85. The van der Waals surface area contributed by atoms with Crippen LogP contribution >= 0.6 is 0 Å². The van der Waals surface area contributed by atoms with Gasteiger partial charge in [-0.15, -0.1) is 0 Å². The van der Waals surface area contributed by atoms with Crippen LogP contribution < -0.4 is 15.2 Å². The first-order chi connectivity index (χ1) is 9.15. The molecule has 0 amide bonds. The number of nitrogens with zero attached hydrogens (tertiary/aromatic N) is 2. The largest absolute Gasteiger partial charge is 0.493 e. The minimum absolute atomic E-state index is 0.0291. The van der Waals surface area contributed by atoms with Gasteiger partial charge in [0.2, 0.25) is 0 Å². The number of hydrogen-bond acceptors (Lipinski definition) is 4. The molecule has 0 aliphatic rings. The lowest BCUT2D eigenvalue weighted by molar-refractivity contribution is 0.348. The van der Waals surface area contributed by atoms with Crippen molar-refractivity contribution in [3.8, 4) is 11.5 Å². The quantitative estimate of drug-likeness (QED) is 0.893. The third-order valence-corrected chi connectivity index (χ3v) is 3.00. The normalized spacial score (nSPS) is 12.2. The molecule has 2 N–H and O–H groups in total. The average molecular weight is 261 g/mol. The zero-order valence-electron chi connectivity index (χ0n) is 11.5. The second kappa shape index (κ2) is 5.75. The number of rotatable bonds is 5. The van der Waals surface area contributed by atoms with Gasteiger partial charge in [0.25, 0.3) is 0 Å². The second-order valence-electron chi connectivity index (χ2n) is 4.40. The summed E-state index contributed by atoms with van der Waals surface area (Å²) in [5.41, 5.74) is 7.77. The second-order valence-corrected chi connectivity index (χ2v) is 4.40. The highest BCUT2D eigenvalue weighted by atomic mass is 16.5. The Balaban J connectivity index is 2.27. The van der Waals surface area contributed by atoms with Gasteiger partial charge in [0.1, 0.15) is 5.69 Å². The van der Waals surface area contributed by atoms with Crippen LogP contribution in [0.3, 0.4) is 0 Å². The topological polar surface area (TPSA) is 62.3 Å². The third-order valence-electron chi connectivity index (χ3n) is 3.00. The summed E-state index contributed by atoms with van der Waals surface area (Å²) in [5.74, 6) is 1.35. The highest BCUT2D eigenvalue weighted by Crippen LogP contribution is 2.29.